The van der Waals surface area contributed by atoms with Crippen LogP contribution in [0.1, 0.15) is 13.8 Å². The van der Waals surface area contributed by atoms with E-state index in [4.69, 9.17) is 14.8 Å². The molecular formula is C6H11KO7S. The van der Waals surface area contributed by atoms with E-state index in [1.54, 1.807) is 0 Å². The minimum absolute atomic E-state index is 0. The molecule has 9 heteroatoms. The molecule has 84 valence electrons. The Kier molecular flexibility index (Phi) is 6.80. The number of hydrogen-bond acceptors (Lipinski definition) is 4. The van der Waals surface area contributed by atoms with Crippen molar-refractivity contribution >= 4 is 73.4 Å². The van der Waals surface area contributed by atoms with Gasteiger partial charge >= 0.3 is 63.3 Å². The monoisotopic (exact) mass is 266 g/mol. The first-order valence-corrected chi connectivity index (χ1v) is 4.92. The third kappa shape index (κ3) is 3.48. The summed E-state index contributed by atoms with van der Waals surface area (Å²) in [5, 5.41) is 17.1. The minimum atomic E-state index is -4.99. The van der Waals surface area contributed by atoms with Crippen LogP contribution in [0.5, 0.6) is 0 Å². The van der Waals surface area contributed by atoms with Gasteiger partial charge in [-0.05, 0) is 13.8 Å². The topological polar surface area (TPSA) is 129 Å². The molecule has 0 aliphatic carbocycles. The number of carboxylic acid groups (broad SMARTS) is 2. The van der Waals surface area contributed by atoms with Crippen molar-refractivity contribution in [2.24, 2.45) is 5.92 Å². The Bertz CT molecular complexity index is 362. The second-order valence-corrected chi connectivity index (χ2v) is 4.75. The summed E-state index contributed by atoms with van der Waals surface area (Å²) < 4.78 is 27.4. The molecule has 2 unspecified atom stereocenters. The second kappa shape index (κ2) is 5.71. The van der Waals surface area contributed by atoms with Gasteiger partial charge in [0.2, 0.25) is 4.75 Å². The van der Waals surface area contributed by atoms with Gasteiger partial charge < -0.3 is 10.2 Å². The molecular weight excluding hydrogens is 255 g/mol. The first-order chi connectivity index (χ1) is 6.05. The Balaban J connectivity index is 0. The zero-order chi connectivity index (χ0) is 11.7. The average molecular weight is 266 g/mol. The summed E-state index contributed by atoms with van der Waals surface area (Å²) in [6, 6.07) is 0. The third-order valence-corrected chi connectivity index (χ3v) is 3.76. The molecule has 0 aliphatic heterocycles. The van der Waals surface area contributed by atoms with Crippen LogP contribution in [0.4, 0.5) is 0 Å². The average Bonchev–Trinajstić information content (AvgIpc) is 1.98. The molecule has 0 rings (SSSR count). The van der Waals surface area contributed by atoms with Gasteiger partial charge in [0.25, 0.3) is 10.1 Å². The summed E-state index contributed by atoms with van der Waals surface area (Å²) in [4.78, 5) is 21.1. The van der Waals surface area contributed by atoms with E-state index in [1.165, 1.54) is 0 Å². The van der Waals surface area contributed by atoms with E-state index in [0.717, 1.165) is 6.92 Å². The van der Waals surface area contributed by atoms with Crippen LogP contribution in [0.25, 0.3) is 0 Å². The summed E-state index contributed by atoms with van der Waals surface area (Å²) in [5.41, 5.74) is 0. The van der Waals surface area contributed by atoms with Crippen LogP contribution in [0.3, 0.4) is 0 Å². The fraction of sp³-hybridized carbons (Fsp3) is 0.667. The van der Waals surface area contributed by atoms with Crippen molar-refractivity contribution in [3.63, 3.8) is 0 Å². The van der Waals surface area contributed by atoms with Crippen molar-refractivity contribution in [2.75, 3.05) is 0 Å². The van der Waals surface area contributed by atoms with E-state index in [0.29, 0.717) is 6.92 Å². The van der Waals surface area contributed by atoms with Crippen LogP contribution < -0.4 is 0 Å². The van der Waals surface area contributed by atoms with E-state index in [1.807, 2.05) is 0 Å². The van der Waals surface area contributed by atoms with Gasteiger partial charge in [-0.15, -0.1) is 0 Å². The number of aliphatic carboxylic acids is 2. The molecule has 2 atom stereocenters. The van der Waals surface area contributed by atoms with E-state index in [2.05, 4.69) is 0 Å². The van der Waals surface area contributed by atoms with Crippen molar-refractivity contribution in [1.29, 1.82) is 0 Å². The molecule has 15 heavy (non-hydrogen) atoms. The van der Waals surface area contributed by atoms with Crippen molar-refractivity contribution in [3.05, 3.63) is 0 Å². The number of carboxylic acids is 2. The van der Waals surface area contributed by atoms with Crippen LogP contribution >= 0.6 is 0 Å². The van der Waals surface area contributed by atoms with Gasteiger partial charge in [0.15, 0.2) is 0 Å². The molecule has 0 aromatic carbocycles. The zero-order valence-corrected chi connectivity index (χ0v) is 8.28. The standard InChI is InChI=1S/C6H10O7S.K.H/c1-3(4(7)8)6(2,5(9)10)14(11,12)13;;/h3H,1-2H3,(H,7,8)(H,9,10)(H,11,12,13);;. The molecule has 7 nitrogen and oxygen atoms in total. The van der Waals surface area contributed by atoms with E-state index < -0.39 is 32.7 Å². The SMILES string of the molecule is CC(C(=O)O)C(C)(C(=O)O)S(=O)(=O)O.[KH]. The van der Waals surface area contributed by atoms with Crippen molar-refractivity contribution in [2.45, 2.75) is 18.6 Å². The maximum absolute atomic E-state index is 10.8. The Labute approximate surface area is 129 Å². The van der Waals surface area contributed by atoms with E-state index in [9.17, 15) is 18.0 Å². The molecule has 0 radical (unpaired) electrons. The van der Waals surface area contributed by atoms with E-state index in [-0.39, 0.29) is 51.4 Å². The fourth-order valence-corrected chi connectivity index (χ4v) is 1.52. The van der Waals surface area contributed by atoms with Crippen LogP contribution in [0.2, 0.25) is 0 Å². The van der Waals surface area contributed by atoms with Gasteiger partial charge in [-0.3, -0.25) is 14.1 Å². The fourth-order valence-electron chi connectivity index (χ4n) is 0.755. The predicted octanol–water partition coefficient (Wildman–Crippen LogP) is -1.21. The molecule has 3 N–H and O–H groups in total. The van der Waals surface area contributed by atoms with Gasteiger partial charge in [0, 0.05) is 0 Å². The number of hydrogen-bond donors (Lipinski definition) is 3. The summed E-state index contributed by atoms with van der Waals surface area (Å²) in [5.74, 6) is -5.28. The summed E-state index contributed by atoms with van der Waals surface area (Å²) in [6.07, 6.45) is 0. The Morgan fingerprint density at radius 3 is 1.67 bits per heavy atom. The number of rotatable bonds is 4. The van der Waals surface area contributed by atoms with Gasteiger partial charge in [-0.1, -0.05) is 0 Å². The maximum atomic E-state index is 10.8. The van der Waals surface area contributed by atoms with Crippen molar-refractivity contribution in [3.8, 4) is 0 Å². The van der Waals surface area contributed by atoms with Gasteiger partial charge in [-0.2, -0.15) is 8.42 Å². The summed E-state index contributed by atoms with van der Waals surface area (Å²) in [7, 11) is -4.99. The first-order valence-electron chi connectivity index (χ1n) is 3.48. The molecule has 0 aromatic rings. The van der Waals surface area contributed by atoms with Crippen LogP contribution in [0, 0.1) is 5.92 Å². The molecule has 0 heterocycles. The molecule has 0 saturated carbocycles. The van der Waals surface area contributed by atoms with Crippen LogP contribution in [0.15, 0.2) is 0 Å². The zero-order valence-electron chi connectivity index (χ0n) is 7.46. The third-order valence-electron chi connectivity index (χ3n) is 2.16. The number of carbonyl (C=O) groups is 2. The summed E-state index contributed by atoms with van der Waals surface area (Å²) >= 11 is 0. The molecule has 0 saturated heterocycles. The Morgan fingerprint density at radius 1 is 1.27 bits per heavy atom. The van der Waals surface area contributed by atoms with Gasteiger partial charge in [0.05, 0.1) is 5.92 Å². The van der Waals surface area contributed by atoms with E-state index >= 15 is 0 Å². The van der Waals surface area contributed by atoms with Gasteiger partial charge in [0.1, 0.15) is 0 Å². The van der Waals surface area contributed by atoms with Crippen molar-refractivity contribution in [1.82, 2.24) is 0 Å². The van der Waals surface area contributed by atoms with Crippen LogP contribution in [-0.2, 0) is 19.7 Å². The molecule has 0 bridgehead atoms. The molecule has 0 spiro atoms. The summed E-state index contributed by atoms with van der Waals surface area (Å²) in [6.45, 7) is 1.54. The van der Waals surface area contributed by atoms with Crippen molar-refractivity contribution < 1.29 is 32.8 Å². The predicted molar refractivity (Wildman–Crippen MR) is 51.5 cm³/mol. The Hall–Kier alpha value is 0.486. The quantitative estimate of drug-likeness (QED) is 0.430. The molecule has 0 aliphatic rings. The normalized spacial score (nSPS) is 17.0. The first kappa shape index (κ1) is 17.9. The van der Waals surface area contributed by atoms with Gasteiger partial charge in [-0.25, -0.2) is 0 Å². The molecule has 0 aromatic heterocycles. The Morgan fingerprint density at radius 2 is 1.60 bits per heavy atom. The molecule has 0 fully saturated rings. The second-order valence-electron chi connectivity index (χ2n) is 2.95. The molecule has 0 amide bonds. The van der Waals surface area contributed by atoms with Crippen LogP contribution in [-0.4, -0.2) is 91.3 Å².